The smallest absolute Gasteiger partial charge is 0.279 e. The molecule has 0 unspecified atom stereocenters. The maximum Gasteiger partial charge on any atom is 0.279 e. The second-order valence-electron chi connectivity index (χ2n) is 6.07. The quantitative estimate of drug-likeness (QED) is 0.805. The number of thiazole rings is 1. The molecule has 2 aromatic rings. The van der Waals surface area contributed by atoms with E-state index in [1.165, 1.54) is 11.3 Å². The van der Waals surface area contributed by atoms with E-state index in [9.17, 15) is 9.59 Å². The lowest BCUT2D eigenvalue weighted by atomic mass is 10.2. The maximum atomic E-state index is 12.8. The van der Waals surface area contributed by atoms with Gasteiger partial charge in [-0.25, -0.2) is 0 Å². The van der Waals surface area contributed by atoms with Crippen molar-refractivity contribution in [2.75, 3.05) is 26.3 Å². The number of benzene rings is 1. The Balaban J connectivity index is 1.89. The van der Waals surface area contributed by atoms with Gasteiger partial charge in [-0.3, -0.25) is 9.59 Å². The zero-order valence-electron chi connectivity index (χ0n) is 14.6. The third-order valence-corrected chi connectivity index (χ3v) is 5.31. The maximum absolute atomic E-state index is 12.8. The Hall–Kier alpha value is -1.96. The lowest BCUT2D eigenvalue weighted by Crippen LogP contribution is -2.44. The summed E-state index contributed by atoms with van der Waals surface area (Å²) in [4.78, 5) is 32.7. The highest BCUT2D eigenvalue weighted by Gasteiger charge is 2.24. The molecule has 1 saturated heterocycles. The molecule has 1 aliphatic rings. The summed E-state index contributed by atoms with van der Waals surface area (Å²) in [5, 5.41) is 0.483. The summed E-state index contributed by atoms with van der Waals surface area (Å²) in [6.07, 6.45) is 1.86. The summed E-state index contributed by atoms with van der Waals surface area (Å²) in [6, 6.07) is 6.23. The summed E-state index contributed by atoms with van der Waals surface area (Å²) in [5.74, 6) is -0.378. The molecule has 6 nitrogen and oxygen atoms in total. The highest BCUT2D eigenvalue weighted by atomic mass is 35.5. The molecule has 0 spiro atoms. The second-order valence-corrected chi connectivity index (χ2v) is 7.72. The zero-order chi connectivity index (χ0) is 18.7. The van der Waals surface area contributed by atoms with Crippen LogP contribution in [-0.2, 0) is 9.53 Å². The van der Waals surface area contributed by atoms with Crippen LogP contribution in [0.1, 0.15) is 28.2 Å². The predicted molar refractivity (Wildman–Crippen MR) is 101 cm³/mol. The van der Waals surface area contributed by atoms with Crippen LogP contribution in [-0.4, -0.2) is 47.6 Å². The Bertz CT molecular complexity index is 884. The van der Waals surface area contributed by atoms with Crippen LogP contribution in [0.15, 0.2) is 35.5 Å². The Morgan fingerprint density at radius 1 is 1.31 bits per heavy atom. The lowest BCUT2D eigenvalue weighted by molar-refractivity contribution is -0.138. The van der Waals surface area contributed by atoms with Gasteiger partial charge in [0, 0.05) is 34.7 Å². The molecule has 0 radical (unpaired) electrons. The van der Waals surface area contributed by atoms with Crippen molar-refractivity contribution >= 4 is 34.8 Å². The summed E-state index contributed by atoms with van der Waals surface area (Å²) in [5.41, 5.74) is 0.419. The summed E-state index contributed by atoms with van der Waals surface area (Å²) < 4.78 is 7.07. The molecular weight excluding hydrogens is 374 g/mol. The molecule has 1 aromatic heterocycles. The first-order valence-electron chi connectivity index (χ1n) is 8.35. The van der Waals surface area contributed by atoms with Crippen LogP contribution in [0.3, 0.4) is 0 Å². The Morgan fingerprint density at radius 3 is 2.73 bits per heavy atom. The van der Waals surface area contributed by atoms with Crippen molar-refractivity contribution in [3.63, 3.8) is 0 Å². The molecule has 1 fully saturated rings. The third-order valence-electron chi connectivity index (χ3n) is 4.16. The molecule has 8 heteroatoms. The van der Waals surface area contributed by atoms with E-state index in [0.29, 0.717) is 41.7 Å². The molecule has 1 aliphatic heterocycles. The number of aromatic nitrogens is 1. The van der Waals surface area contributed by atoms with Crippen LogP contribution < -0.4 is 4.80 Å². The van der Waals surface area contributed by atoms with Gasteiger partial charge in [0.25, 0.3) is 5.91 Å². The fraction of sp³-hybridized carbons (Fsp3) is 0.389. The molecule has 0 aliphatic carbocycles. The normalized spacial score (nSPS) is 16.6. The number of carbonyl (C=O) groups excluding carboxylic acids is 2. The number of nitrogens with zero attached hydrogens (tertiary/aromatic N) is 3. The number of hydrogen-bond acceptors (Lipinski definition) is 4. The van der Waals surface area contributed by atoms with E-state index in [1.54, 1.807) is 33.7 Å². The van der Waals surface area contributed by atoms with Gasteiger partial charge in [0.2, 0.25) is 5.91 Å². The number of ether oxygens (including phenoxy) is 1. The van der Waals surface area contributed by atoms with Crippen LogP contribution >= 0.6 is 22.9 Å². The number of amides is 2. The van der Waals surface area contributed by atoms with Crippen molar-refractivity contribution in [3.8, 4) is 0 Å². The number of morpholine rings is 1. The highest BCUT2D eigenvalue weighted by molar-refractivity contribution is 7.09. The molecule has 2 amide bonds. The monoisotopic (exact) mass is 393 g/mol. The molecule has 1 atom stereocenters. The lowest BCUT2D eigenvalue weighted by Gasteiger charge is -2.29. The third kappa shape index (κ3) is 4.23. The summed E-state index contributed by atoms with van der Waals surface area (Å²) in [7, 11) is 0. The van der Waals surface area contributed by atoms with Gasteiger partial charge >= 0.3 is 0 Å². The Kier molecular flexibility index (Phi) is 5.90. The Morgan fingerprint density at radius 2 is 2.04 bits per heavy atom. The first-order valence-corrected chi connectivity index (χ1v) is 9.55. The van der Waals surface area contributed by atoms with E-state index in [1.807, 2.05) is 20.0 Å². The fourth-order valence-electron chi connectivity index (χ4n) is 2.77. The van der Waals surface area contributed by atoms with Crippen molar-refractivity contribution in [3.05, 3.63) is 50.7 Å². The van der Waals surface area contributed by atoms with E-state index < -0.39 is 6.04 Å². The summed E-state index contributed by atoms with van der Waals surface area (Å²) in [6.45, 7) is 6.02. The van der Waals surface area contributed by atoms with Crippen molar-refractivity contribution in [2.45, 2.75) is 19.9 Å². The predicted octanol–water partition coefficient (Wildman–Crippen LogP) is 2.67. The number of hydrogen-bond donors (Lipinski definition) is 0. The molecule has 3 rings (SSSR count). The van der Waals surface area contributed by atoms with Gasteiger partial charge in [0.1, 0.15) is 6.04 Å². The second kappa shape index (κ2) is 8.16. The number of carbonyl (C=O) groups is 2. The highest BCUT2D eigenvalue weighted by Crippen LogP contribution is 2.15. The topological polar surface area (TPSA) is 63.9 Å². The standard InChI is InChI=1S/C18H20ClN3O3S/c1-12-11-22(13(2)17(24)21-6-8-25-9-7-21)18(26-12)20-16(23)14-4-3-5-15(19)10-14/h3-5,10-11,13H,6-9H2,1-2H3/t13-/m1/s1. The number of rotatable bonds is 3. The van der Waals surface area contributed by atoms with Gasteiger partial charge in [-0.05, 0) is 32.0 Å². The molecule has 26 heavy (non-hydrogen) atoms. The van der Waals surface area contributed by atoms with Gasteiger partial charge in [-0.1, -0.05) is 17.7 Å². The van der Waals surface area contributed by atoms with E-state index in [2.05, 4.69) is 4.99 Å². The van der Waals surface area contributed by atoms with Gasteiger partial charge in [-0.2, -0.15) is 4.99 Å². The molecule has 1 aromatic carbocycles. The van der Waals surface area contributed by atoms with Crippen LogP contribution in [0.5, 0.6) is 0 Å². The van der Waals surface area contributed by atoms with Gasteiger partial charge in [0.15, 0.2) is 4.80 Å². The SMILES string of the molecule is Cc1cn([C@H](C)C(=O)N2CCOCC2)c(=NC(=O)c2cccc(Cl)c2)s1. The Labute approximate surface area is 160 Å². The minimum atomic E-state index is -0.441. The van der Waals surface area contributed by atoms with Crippen LogP contribution in [0.25, 0.3) is 0 Å². The average Bonchev–Trinajstić information content (AvgIpc) is 3.01. The van der Waals surface area contributed by atoms with Crippen LogP contribution in [0.4, 0.5) is 0 Å². The van der Waals surface area contributed by atoms with Crippen molar-refractivity contribution in [1.29, 1.82) is 0 Å². The van der Waals surface area contributed by atoms with E-state index in [4.69, 9.17) is 16.3 Å². The minimum Gasteiger partial charge on any atom is -0.378 e. The molecule has 0 saturated carbocycles. The summed E-state index contributed by atoms with van der Waals surface area (Å²) >= 11 is 7.33. The van der Waals surface area contributed by atoms with Crippen molar-refractivity contribution in [2.24, 2.45) is 4.99 Å². The van der Waals surface area contributed by atoms with E-state index in [0.717, 1.165) is 4.88 Å². The number of aryl methyl sites for hydroxylation is 1. The zero-order valence-corrected chi connectivity index (χ0v) is 16.2. The van der Waals surface area contributed by atoms with E-state index >= 15 is 0 Å². The average molecular weight is 394 g/mol. The van der Waals surface area contributed by atoms with E-state index in [-0.39, 0.29) is 11.8 Å². The molecule has 2 heterocycles. The molecule has 0 bridgehead atoms. The van der Waals surface area contributed by atoms with Crippen molar-refractivity contribution in [1.82, 2.24) is 9.47 Å². The minimum absolute atomic E-state index is 0.00255. The first kappa shape index (κ1) is 18.8. The molecular formula is C18H20ClN3O3S. The molecule has 0 N–H and O–H groups in total. The van der Waals surface area contributed by atoms with Gasteiger partial charge in [-0.15, -0.1) is 11.3 Å². The van der Waals surface area contributed by atoms with Gasteiger partial charge < -0.3 is 14.2 Å². The first-order chi connectivity index (χ1) is 12.5. The number of halogens is 1. The largest absolute Gasteiger partial charge is 0.378 e. The fourth-order valence-corrected chi connectivity index (χ4v) is 3.86. The van der Waals surface area contributed by atoms with Crippen LogP contribution in [0.2, 0.25) is 5.02 Å². The van der Waals surface area contributed by atoms with Crippen molar-refractivity contribution < 1.29 is 14.3 Å². The van der Waals surface area contributed by atoms with Gasteiger partial charge in [0.05, 0.1) is 13.2 Å². The van der Waals surface area contributed by atoms with Crippen LogP contribution in [0, 0.1) is 6.92 Å². The molecule has 138 valence electrons.